The molecule has 0 amide bonds. The fourth-order valence-corrected chi connectivity index (χ4v) is 3.65. The summed E-state index contributed by atoms with van der Waals surface area (Å²) >= 11 is 5.42. The third-order valence-corrected chi connectivity index (χ3v) is 5.16. The average Bonchev–Trinajstić information content (AvgIpc) is 2.79. The smallest absolute Gasteiger partial charge is 0.175 e. The molecule has 4 aromatic rings. The van der Waals surface area contributed by atoms with Crippen molar-refractivity contribution >= 4 is 39.5 Å². The molecular weight excluding hydrogens is 420 g/mol. The van der Waals surface area contributed by atoms with Gasteiger partial charge in [-0.15, -0.1) is 0 Å². The lowest BCUT2D eigenvalue weighted by Crippen LogP contribution is -2.18. The molecule has 0 fully saturated rings. The summed E-state index contributed by atoms with van der Waals surface area (Å²) in [6, 6.07) is 25.5. The zero-order valence-corrected chi connectivity index (χ0v) is 19.0. The maximum atomic E-state index is 6.16. The number of anilines is 2. The number of aryl methyl sites for hydroxylation is 1. The van der Waals surface area contributed by atoms with Crippen molar-refractivity contribution in [3.05, 3.63) is 84.4 Å². The monoisotopic (exact) mass is 444 g/mol. The zero-order valence-electron chi connectivity index (χ0n) is 18.1. The molecule has 0 heterocycles. The van der Waals surface area contributed by atoms with Crippen LogP contribution in [0.5, 0.6) is 23.0 Å². The number of nitrogens with one attached hydrogen (secondary N) is 2. The molecule has 0 bridgehead atoms. The van der Waals surface area contributed by atoms with Crippen molar-refractivity contribution < 1.29 is 14.2 Å². The number of hydrogen-bond acceptors (Lipinski definition) is 4. The first-order valence-corrected chi connectivity index (χ1v) is 10.5. The third kappa shape index (κ3) is 4.92. The van der Waals surface area contributed by atoms with E-state index < -0.39 is 0 Å². The van der Waals surface area contributed by atoms with Crippen LogP contribution in [0.15, 0.2) is 78.9 Å². The number of benzene rings is 4. The minimum atomic E-state index is 0.527. The fourth-order valence-electron chi connectivity index (χ4n) is 3.41. The van der Waals surface area contributed by atoms with E-state index in [1.807, 2.05) is 85.8 Å². The van der Waals surface area contributed by atoms with Crippen molar-refractivity contribution in [3.8, 4) is 23.0 Å². The van der Waals surface area contributed by atoms with Crippen LogP contribution < -0.4 is 24.8 Å². The number of methoxy groups -OCH3 is 2. The fraction of sp³-hybridized carbons (Fsp3) is 0.115. The molecule has 4 aromatic carbocycles. The summed E-state index contributed by atoms with van der Waals surface area (Å²) in [5.74, 6) is 2.80. The second-order valence-corrected chi connectivity index (χ2v) is 7.67. The van der Waals surface area contributed by atoms with E-state index in [2.05, 4.69) is 10.6 Å². The van der Waals surface area contributed by atoms with E-state index in [-0.39, 0.29) is 0 Å². The van der Waals surface area contributed by atoms with Crippen LogP contribution in [0.2, 0.25) is 0 Å². The summed E-state index contributed by atoms with van der Waals surface area (Å²) in [5.41, 5.74) is 2.99. The van der Waals surface area contributed by atoms with Crippen molar-refractivity contribution in [3.63, 3.8) is 0 Å². The third-order valence-electron chi connectivity index (χ3n) is 4.96. The highest BCUT2D eigenvalue weighted by atomic mass is 32.1. The van der Waals surface area contributed by atoms with Crippen LogP contribution >= 0.6 is 12.2 Å². The maximum Gasteiger partial charge on any atom is 0.175 e. The summed E-state index contributed by atoms with van der Waals surface area (Å²) in [6.45, 7) is 2.04. The van der Waals surface area contributed by atoms with Gasteiger partial charge in [-0.25, -0.2) is 0 Å². The van der Waals surface area contributed by atoms with Gasteiger partial charge in [-0.1, -0.05) is 24.3 Å². The minimum Gasteiger partial charge on any atom is -0.493 e. The van der Waals surface area contributed by atoms with Gasteiger partial charge < -0.3 is 24.8 Å². The first-order valence-electron chi connectivity index (χ1n) is 10.1. The van der Waals surface area contributed by atoms with Crippen LogP contribution in [-0.4, -0.2) is 19.3 Å². The number of rotatable bonds is 6. The lowest BCUT2D eigenvalue weighted by molar-refractivity contribution is 0.355. The van der Waals surface area contributed by atoms with Gasteiger partial charge in [-0.2, -0.15) is 0 Å². The van der Waals surface area contributed by atoms with Gasteiger partial charge in [0, 0.05) is 16.8 Å². The van der Waals surface area contributed by atoms with Crippen LogP contribution in [0.3, 0.4) is 0 Å². The van der Waals surface area contributed by atoms with Crippen molar-refractivity contribution in [2.75, 3.05) is 24.9 Å². The van der Waals surface area contributed by atoms with Crippen molar-refractivity contribution in [2.45, 2.75) is 6.92 Å². The topological polar surface area (TPSA) is 51.8 Å². The molecule has 0 spiro atoms. The zero-order chi connectivity index (χ0) is 22.5. The minimum absolute atomic E-state index is 0.527. The second-order valence-electron chi connectivity index (χ2n) is 7.26. The normalized spacial score (nSPS) is 10.5. The highest BCUT2D eigenvalue weighted by molar-refractivity contribution is 7.80. The summed E-state index contributed by atoms with van der Waals surface area (Å²) in [4.78, 5) is 0. The molecular formula is C26H24N2O3S. The Hall–Kier alpha value is -3.77. The van der Waals surface area contributed by atoms with E-state index in [1.54, 1.807) is 14.2 Å². The van der Waals surface area contributed by atoms with E-state index in [1.165, 1.54) is 5.56 Å². The summed E-state index contributed by atoms with van der Waals surface area (Å²) in [6.07, 6.45) is 0. The molecule has 0 atom stereocenters. The van der Waals surface area contributed by atoms with E-state index in [9.17, 15) is 0 Å². The van der Waals surface area contributed by atoms with Gasteiger partial charge in [0.1, 0.15) is 11.5 Å². The SMILES string of the molecule is COc1cc2cccc(Oc3ccc(NC(=S)Nc4cccc(C)c4)cc3)c2cc1OC. The van der Waals surface area contributed by atoms with Crippen LogP contribution in [0.1, 0.15) is 5.56 Å². The quantitative estimate of drug-likeness (QED) is 0.320. The van der Waals surface area contributed by atoms with Crippen molar-refractivity contribution in [2.24, 2.45) is 0 Å². The van der Waals surface area contributed by atoms with Gasteiger partial charge in [-0.3, -0.25) is 0 Å². The first kappa shape index (κ1) is 21.5. The Kier molecular flexibility index (Phi) is 6.42. The molecule has 0 unspecified atom stereocenters. The van der Waals surface area contributed by atoms with Crippen LogP contribution in [0, 0.1) is 6.92 Å². The van der Waals surface area contributed by atoms with Gasteiger partial charge >= 0.3 is 0 Å². The van der Waals surface area contributed by atoms with Crippen molar-refractivity contribution in [1.29, 1.82) is 0 Å². The molecule has 5 nitrogen and oxygen atoms in total. The standard InChI is InChI=1S/C26H24N2O3S/c1-17-6-4-8-20(14-17)28-26(32)27-19-10-12-21(13-11-19)31-23-9-5-7-18-15-24(29-2)25(30-3)16-22(18)23/h4-16H,1-3H3,(H2,27,28,32). The molecule has 0 aliphatic carbocycles. The lowest BCUT2D eigenvalue weighted by Gasteiger charge is -2.14. The van der Waals surface area contributed by atoms with Crippen LogP contribution in [0.4, 0.5) is 11.4 Å². The van der Waals surface area contributed by atoms with E-state index in [0.29, 0.717) is 16.6 Å². The molecule has 0 aliphatic rings. The Morgan fingerprint density at radius 3 is 2.12 bits per heavy atom. The Morgan fingerprint density at radius 1 is 0.719 bits per heavy atom. The molecule has 0 aliphatic heterocycles. The number of hydrogen-bond donors (Lipinski definition) is 2. The summed E-state index contributed by atoms with van der Waals surface area (Å²) < 4.78 is 17.0. The van der Waals surface area contributed by atoms with E-state index in [4.69, 9.17) is 26.4 Å². The van der Waals surface area contributed by atoms with Gasteiger partial charge in [0.05, 0.1) is 14.2 Å². The Labute approximate surface area is 192 Å². The summed E-state index contributed by atoms with van der Waals surface area (Å²) in [5, 5.41) is 8.86. The molecule has 162 valence electrons. The van der Waals surface area contributed by atoms with Crippen LogP contribution in [0.25, 0.3) is 10.8 Å². The van der Waals surface area contributed by atoms with Gasteiger partial charge in [0.15, 0.2) is 16.6 Å². The molecule has 2 N–H and O–H groups in total. The summed E-state index contributed by atoms with van der Waals surface area (Å²) in [7, 11) is 3.25. The van der Waals surface area contributed by atoms with Crippen molar-refractivity contribution in [1.82, 2.24) is 0 Å². The Morgan fingerprint density at radius 2 is 1.41 bits per heavy atom. The number of ether oxygens (including phenoxy) is 3. The largest absolute Gasteiger partial charge is 0.493 e. The number of fused-ring (bicyclic) bond motifs is 1. The average molecular weight is 445 g/mol. The predicted molar refractivity (Wildman–Crippen MR) is 135 cm³/mol. The molecule has 32 heavy (non-hydrogen) atoms. The van der Waals surface area contributed by atoms with Gasteiger partial charge in [0.2, 0.25) is 0 Å². The van der Waals surface area contributed by atoms with E-state index in [0.717, 1.165) is 33.6 Å². The number of thiocarbonyl (C=S) groups is 1. The molecule has 0 saturated carbocycles. The van der Waals surface area contributed by atoms with Crippen LogP contribution in [-0.2, 0) is 0 Å². The second kappa shape index (κ2) is 9.58. The Balaban J connectivity index is 1.48. The van der Waals surface area contributed by atoms with Gasteiger partial charge in [0.25, 0.3) is 0 Å². The molecule has 0 saturated heterocycles. The molecule has 0 radical (unpaired) electrons. The first-order chi connectivity index (χ1) is 15.6. The van der Waals surface area contributed by atoms with Gasteiger partial charge in [-0.05, 0) is 84.7 Å². The molecule has 4 rings (SSSR count). The molecule has 6 heteroatoms. The van der Waals surface area contributed by atoms with E-state index >= 15 is 0 Å². The maximum absolute atomic E-state index is 6.16. The highest BCUT2D eigenvalue weighted by Gasteiger charge is 2.10. The predicted octanol–water partition coefficient (Wildman–Crippen LogP) is 6.77. The molecule has 0 aromatic heterocycles. The lowest BCUT2D eigenvalue weighted by atomic mass is 10.1. The highest BCUT2D eigenvalue weighted by Crippen LogP contribution is 2.37. The Bertz CT molecular complexity index is 1260.